The van der Waals surface area contributed by atoms with Gasteiger partial charge in [-0.25, -0.2) is 4.39 Å². The zero-order valence-corrected chi connectivity index (χ0v) is 11.6. The minimum absolute atomic E-state index is 0.0844. The van der Waals surface area contributed by atoms with E-state index < -0.39 is 0 Å². The Bertz CT molecular complexity index is 456. The number of hydrogen-bond acceptors (Lipinski definition) is 2. The zero-order valence-electron chi connectivity index (χ0n) is 11.6. The van der Waals surface area contributed by atoms with Gasteiger partial charge in [-0.05, 0) is 50.7 Å². The highest BCUT2D eigenvalue weighted by atomic mass is 19.1. The van der Waals surface area contributed by atoms with Gasteiger partial charge in [0, 0.05) is 6.07 Å². The molecule has 0 aliphatic heterocycles. The number of Topliss-reactive ketones (excluding diaryl/α,β-unsaturated/α-hetero) is 1. The van der Waals surface area contributed by atoms with Crippen LogP contribution in [-0.2, 0) is 0 Å². The van der Waals surface area contributed by atoms with Crippen molar-refractivity contribution in [2.45, 2.75) is 52.1 Å². The molecular formula is C16H21FO2. The van der Waals surface area contributed by atoms with Crippen molar-refractivity contribution in [1.82, 2.24) is 0 Å². The monoisotopic (exact) mass is 264 g/mol. The van der Waals surface area contributed by atoms with Crippen LogP contribution in [0.1, 0.15) is 56.3 Å². The van der Waals surface area contributed by atoms with E-state index >= 15 is 0 Å². The van der Waals surface area contributed by atoms with Crippen LogP contribution in [0.5, 0.6) is 5.75 Å². The van der Waals surface area contributed by atoms with Crippen LogP contribution in [0.2, 0.25) is 0 Å². The lowest BCUT2D eigenvalue weighted by molar-refractivity contribution is 0.0863. The van der Waals surface area contributed by atoms with Crippen molar-refractivity contribution < 1.29 is 13.9 Å². The minimum atomic E-state index is -0.358. The topological polar surface area (TPSA) is 26.3 Å². The van der Waals surface area contributed by atoms with Crippen LogP contribution in [0.3, 0.4) is 0 Å². The Morgan fingerprint density at radius 3 is 2.79 bits per heavy atom. The third-order valence-corrected chi connectivity index (χ3v) is 3.97. The molecule has 0 saturated heterocycles. The van der Waals surface area contributed by atoms with Gasteiger partial charge in [0.15, 0.2) is 5.78 Å². The Hall–Kier alpha value is -1.38. The average Bonchev–Trinajstić information content (AvgIpc) is 2.39. The van der Waals surface area contributed by atoms with Crippen LogP contribution in [0, 0.1) is 11.7 Å². The molecule has 2 rings (SSSR count). The molecule has 1 aliphatic rings. The predicted octanol–water partition coefficient (Wildman–Crippen LogP) is 4.38. The fraction of sp³-hybridized carbons (Fsp3) is 0.562. The Balaban J connectivity index is 2.21. The van der Waals surface area contributed by atoms with E-state index in [4.69, 9.17) is 4.74 Å². The van der Waals surface area contributed by atoms with Crippen molar-refractivity contribution >= 4 is 5.78 Å². The molecule has 0 radical (unpaired) electrons. The van der Waals surface area contributed by atoms with Gasteiger partial charge < -0.3 is 4.74 Å². The van der Waals surface area contributed by atoms with E-state index in [9.17, 15) is 9.18 Å². The summed E-state index contributed by atoms with van der Waals surface area (Å²) in [4.78, 5) is 11.6. The Morgan fingerprint density at radius 1 is 1.37 bits per heavy atom. The van der Waals surface area contributed by atoms with E-state index in [1.165, 1.54) is 31.5 Å². The maximum absolute atomic E-state index is 13.4. The highest BCUT2D eigenvalue weighted by Gasteiger charge is 2.26. The number of carbonyl (C=O) groups is 1. The van der Waals surface area contributed by atoms with Gasteiger partial charge in [-0.2, -0.15) is 0 Å². The number of hydrogen-bond donors (Lipinski definition) is 0. The molecule has 0 heterocycles. The second-order valence-electron chi connectivity index (χ2n) is 5.31. The van der Waals surface area contributed by atoms with E-state index in [1.54, 1.807) is 0 Å². The van der Waals surface area contributed by atoms with Crippen LogP contribution in [-0.4, -0.2) is 11.9 Å². The van der Waals surface area contributed by atoms with Gasteiger partial charge in [0.2, 0.25) is 0 Å². The molecule has 1 aromatic carbocycles. The summed E-state index contributed by atoms with van der Waals surface area (Å²) in [7, 11) is 0. The Labute approximate surface area is 114 Å². The smallest absolute Gasteiger partial charge is 0.163 e. The lowest BCUT2D eigenvalue weighted by Crippen LogP contribution is -2.30. The van der Waals surface area contributed by atoms with Gasteiger partial charge in [0.1, 0.15) is 17.7 Å². The molecule has 2 atom stereocenters. The molecule has 19 heavy (non-hydrogen) atoms. The number of ketones is 1. The summed E-state index contributed by atoms with van der Waals surface area (Å²) in [6, 6.07) is 4.15. The molecular weight excluding hydrogens is 243 g/mol. The van der Waals surface area contributed by atoms with Crippen LogP contribution in [0.4, 0.5) is 4.39 Å². The van der Waals surface area contributed by atoms with Gasteiger partial charge in [0.25, 0.3) is 0 Å². The van der Waals surface area contributed by atoms with Gasteiger partial charge in [-0.3, -0.25) is 4.79 Å². The fourth-order valence-electron chi connectivity index (χ4n) is 2.84. The number of ether oxygens (including phenoxy) is 1. The van der Waals surface area contributed by atoms with Crippen LogP contribution in [0.15, 0.2) is 18.2 Å². The quantitative estimate of drug-likeness (QED) is 0.754. The Kier molecular flexibility index (Phi) is 4.56. The van der Waals surface area contributed by atoms with E-state index in [1.807, 2.05) is 0 Å². The molecule has 0 spiro atoms. The highest BCUT2D eigenvalue weighted by Crippen LogP contribution is 2.32. The van der Waals surface area contributed by atoms with Crippen molar-refractivity contribution in [3.05, 3.63) is 29.6 Å². The Morgan fingerprint density at radius 2 is 2.11 bits per heavy atom. The first-order chi connectivity index (χ1) is 9.11. The lowest BCUT2D eigenvalue weighted by atomic mass is 9.84. The van der Waals surface area contributed by atoms with Crippen molar-refractivity contribution in [3.8, 4) is 5.75 Å². The van der Waals surface area contributed by atoms with Gasteiger partial charge in [-0.15, -0.1) is 0 Å². The minimum Gasteiger partial charge on any atom is -0.489 e. The van der Waals surface area contributed by atoms with Crippen LogP contribution < -0.4 is 4.74 Å². The van der Waals surface area contributed by atoms with E-state index in [0.29, 0.717) is 17.2 Å². The molecule has 1 saturated carbocycles. The summed E-state index contributed by atoms with van der Waals surface area (Å²) in [5.74, 6) is 0.470. The summed E-state index contributed by atoms with van der Waals surface area (Å²) in [6.07, 6.45) is 5.71. The fourth-order valence-corrected chi connectivity index (χ4v) is 2.84. The van der Waals surface area contributed by atoms with Gasteiger partial charge in [0.05, 0.1) is 5.56 Å². The van der Waals surface area contributed by atoms with E-state index in [2.05, 4.69) is 6.92 Å². The first kappa shape index (κ1) is 14.0. The molecule has 0 N–H and O–H groups in total. The molecule has 3 heteroatoms. The number of rotatable bonds is 4. The normalized spacial score (nSPS) is 23.1. The molecule has 104 valence electrons. The maximum atomic E-state index is 13.4. The van der Waals surface area contributed by atoms with Crippen molar-refractivity contribution in [1.29, 1.82) is 0 Å². The van der Waals surface area contributed by atoms with Gasteiger partial charge >= 0.3 is 0 Å². The largest absolute Gasteiger partial charge is 0.489 e. The van der Waals surface area contributed by atoms with Crippen LogP contribution >= 0.6 is 0 Å². The number of benzene rings is 1. The molecule has 0 amide bonds. The SMILES string of the molecule is CCC1CCCCC1Oc1cc(F)ccc1C(C)=O. The molecule has 2 nitrogen and oxygen atoms in total. The molecule has 2 unspecified atom stereocenters. The third-order valence-electron chi connectivity index (χ3n) is 3.97. The summed E-state index contributed by atoms with van der Waals surface area (Å²) < 4.78 is 19.3. The summed E-state index contributed by atoms with van der Waals surface area (Å²) in [5.41, 5.74) is 0.474. The summed E-state index contributed by atoms with van der Waals surface area (Å²) >= 11 is 0. The van der Waals surface area contributed by atoms with Gasteiger partial charge in [-0.1, -0.05) is 13.3 Å². The number of carbonyl (C=O) groups excluding carboxylic acids is 1. The standard InChI is InChI=1S/C16H21FO2/c1-3-12-6-4-5-7-15(12)19-16-10-13(17)8-9-14(16)11(2)18/h8-10,12,15H,3-7H2,1-2H3. The van der Waals surface area contributed by atoms with Crippen molar-refractivity contribution in [2.75, 3.05) is 0 Å². The molecule has 0 bridgehead atoms. The third kappa shape index (κ3) is 3.34. The van der Waals surface area contributed by atoms with Crippen molar-refractivity contribution in [3.63, 3.8) is 0 Å². The first-order valence-corrected chi connectivity index (χ1v) is 7.09. The molecule has 1 aliphatic carbocycles. The first-order valence-electron chi connectivity index (χ1n) is 7.09. The lowest BCUT2D eigenvalue weighted by Gasteiger charge is -2.31. The summed E-state index contributed by atoms with van der Waals surface area (Å²) in [5, 5.41) is 0. The average molecular weight is 264 g/mol. The second-order valence-corrected chi connectivity index (χ2v) is 5.31. The summed E-state index contributed by atoms with van der Waals surface area (Å²) in [6.45, 7) is 3.64. The maximum Gasteiger partial charge on any atom is 0.163 e. The van der Waals surface area contributed by atoms with Crippen LogP contribution in [0.25, 0.3) is 0 Å². The highest BCUT2D eigenvalue weighted by molar-refractivity contribution is 5.96. The zero-order chi connectivity index (χ0) is 13.8. The second kappa shape index (κ2) is 6.18. The number of halogens is 1. The van der Waals surface area contributed by atoms with Crippen molar-refractivity contribution in [2.24, 2.45) is 5.92 Å². The predicted molar refractivity (Wildman–Crippen MR) is 73.1 cm³/mol. The van der Waals surface area contributed by atoms with E-state index in [0.717, 1.165) is 25.7 Å². The molecule has 1 fully saturated rings. The van der Waals surface area contributed by atoms with E-state index in [-0.39, 0.29) is 17.7 Å². The molecule has 1 aromatic rings. The molecule has 0 aromatic heterocycles.